The van der Waals surface area contributed by atoms with Crippen molar-refractivity contribution in [3.63, 3.8) is 0 Å². The van der Waals surface area contributed by atoms with E-state index >= 15 is 0 Å². The zero-order valence-corrected chi connectivity index (χ0v) is 22.4. The first-order valence-corrected chi connectivity index (χ1v) is 14.9. The van der Waals surface area contributed by atoms with Crippen molar-refractivity contribution in [3.05, 3.63) is 52.5 Å². The van der Waals surface area contributed by atoms with Crippen LogP contribution in [-0.2, 0) is 24.8 Å². The minimum Gasteiger partial charge on any atom is -0.492 e. The summed E-state index contributed by atoms with van der Waals surface area (Å²) >= 11 is 12.2. The summed E-state index contributed by atoms with van der Waals surface area (Å²) in [6.45, 7) is 2.68. The highest BCUT2D eigenvalue weighted by atomic mass is 35.5. The Morgan fingerprint density at radius 3 is 2.31 bits per heavy atom. The monoisotopic (exact) mass is 563 g/mol. The molecule has 1 aliphatic rings. The van der Waals surface area contributed by atoms with Crippen LogP contribution in [0.2, 0.25) is 10.0 Å². The van der Waals surface area contributed by atoms with E-state index in [9.17, 15) is 21.6 Å². The molecule has 0 spiro atoms. The number of carbonyl (C=O) groups is 1. The van der Waals surface area contributed by atoms with Gasteiger partial charge in [0.25, 0.3) is 0 Å². The number of nitrogens with zero attached hydrogens (tertiary/aromatic N) is 2. The van der Waals surface area contributed by atoms with Gasteiger partial charge in [0.15, 0.2) is 0 Å². The van der Waals surface area contributed by atoms with Crippen LogP contribution >= 0.6 is 23.2 Å². The zero-order valence-electron chi connectivity index (χ0n) is 19.3. The lowest BCUT2D eigenvalue weighted by Gasteiger charge is -2.29. The largest absolute Gasteiger partial charge is 0.492 e. The van der Waals surface area contributed by atoms with Crippen molar-refractivity contribution in [3.8, 4) is 5.75 Å². The van der Waals surface area contributed by atoms with Gasteiger partial charge in [-0.2, -0.15) is 4.31 Å². The maximum Gasteiger partial charge on any atom is 0.243 e. The maximum absolute atomic E-state index is 12.7. The van der Waals surface area contributed by atoms with Crippen molar-refractivity contribution >= 4 is 54.8 Å². The Kier molecular flexibility index (Phi) is 8.92. The van der Waals surface area contributed by atoms with Gasteiger partial charge in [0.1, 0.15) is 18.4 Å². The summed E-state index contributed by atoms with van der Waals surface area (Å²) in [4.78, 5) is 12.9. The molecule has 0 radical (unpaired) electrons. The average molecular weight is 565 g/mol. The van der Waals surface area contributed by atoms with Crippen molar-refractivity contribution in [2.24, 2.45) is 0 Å². The van der Waals surface area contributed by atoms with Crippen LogP contribution in [0.4, 0.5) is 5.69 Å². The molecule has 2 aromatic rings. The summed E-state index contributed by atoms with van der Waals surface area (Å²) in [6.07, 6.45) is 2.70. The Balaban J connectivity index is 1.57. The Morgan fingerprint density at radius 1 is 1.09 bits per heavy atom. The number of carbonyl (C=O) groups excluding carboxylic acids is 1. The quantitative estimate of drug-likeness (QED) is 0.444. The van der Waals surface area contributed by atoms with E-state index in [1.54, 1.807) is 12.1 Å². The molecule has 0 saturated carbocycles. The fourth-order valence-corrected chi connectivity index (χ4v) is 6.83. The Bertz CT molecular complexity index is 1260. The van der Waals surface area contributed by atoms with Gasteiger partial charge in [-0.1, -0.05) is 23.2 Å². The molecular formula is C22H27Cl2N3O6S2. The number of halogens is 2. The summed E-state index contributed by atoms with van der Waals surface area (Å²) in [7, 11) is -7.35. The molecular weight excluding hydrogens is 537 g/mol. The van der Waals surface area contributed by atoms with Gasteiger partial charge in [0.05, 0.1) is 28.4 Å². The maximum atomic E-state index is 12.7. The minimum atomic E-state index is -3.85. The number of nitrogens with one attached hydrogen (secondary N) is 1. The Hall–Kier alpha value is -2.05. The van der Waals surface area contributed by atoms with Crippen LogP contribution in [0.1, 0.15) is 19.8 Å². The van der Waals surface area contributed by atoms with Gasteiger partial charge in [0.2, 0.25) is 26.0 Å². The number of ether oxygens (including phenoxy) is 1. The first-order valence-electron chi connectivity index (χ1n) is 10.9. The second-order valence-corrected chi connectivity index (χ2v) is 12.7. The standard InChI is InChI=1S/C22H27Cl2N3O6S2/c1-16(27(34(2,29)30)21-15-17(23)5-10-20(21)24)22(28)25-11-14-33-18-6-8-19(9-7-18)35(31,32)26-12-3-4-13-26/h5-10,15-16H,3-4,11-14H2,1-2H3,(H,25,28)/t16-/m1/s1. The van der Waals surface area contributed by atoms with Crippen molar-refractivity contribution in [2.45, 2.75) is 30.7 Å². The lowest BCUT2D eigenvalue weighted by atomic mass is 10.2. The smallest absolute Gasteiger partial charge is 0.243 e. The molecule has 13 heteroatoms. The molecule has 2 aromatic carbocycles. The van der Waals surface area contributed by atoms with Gasteiger partial charge in [-0.25, -0.2) is 16.8 Å². The van der Waals surface area contributed by atoms with E-state index in [0.717, 1.165) is 23.4 Å². The minimum absolute atomic E-state index is 0.0908. The highest BCUT2D eigenvalue weighted by Crippen LogP contribution is 2.32. The fourth-order valence-electron chi connectivity index (χ4n) is 3.71. The van der Waals surface area contributed by atoms with E-state index in [2.05, 4.69) is 5.32 Å². The molecule has 3 rings (SSSR count). The summed E-state index contributed by atoms with van der Waals surface area (Å²) in [5.74, 6) is -0.113. The van der Waals surface area contributed by atoms with Crippen LogP contribution < -0.4 is 14.4 Å². The van der Waals surface area contributed by atoms with Gasteiger partial charge < -0.3 is 10.1 Å². The molecule has 0 aromatic heterocycles. The third kappa shape index (κ3) is 6.79. The molecule has 9 nitrogen and oxygen atoms in total. The second-order valence-electron chi connectivity index (χ2n) is 8.05. The van der Waals surface area contributed by atoms with E-state index in [0.29, 0.717) is 18.8 Å². The molecule has 1 atom stereocenters. The molecule has 1 heterocycles. The van der Waals surface area contributed by atoms with E-state index in [1.807, 2.05) is 0 Å². The number of anilines is 1. The van der Waals surface area contributed by atoms with Crippen LogP contribution in [0, 0.1) is 0 Å². The summed E-state index contributed by atoms with van der Waals surface area (Å²) in [5.41, 5.74) is 0.101. The molecule has 192 valence electrons. The third-order valence-electron chi connectivity index (χ3n) is 5.43. The Morgan fingerprint density at radius 2 is 1.71 bits per heavy atom. The number of hydrogen-bond acceptors (Lipinski definition) is 6. The molecule has 0 bridgehead atoms. The SMILES string of the molecule is C[C@H](C(=O)NCCOc1ccc(S(=O)(=O)N2CCCC2)cc1)N(c1cc(Cl)ccc1Cl)S(C)(=O)=O. The number of amides is 1. The van der Waals surface area contributed by atoms with Crippen LogP contribution in [-0.4, -0.2) is 65.6 Å². The predicted octanol–water partition coefficient (Wildman–Crippen LogP) is 3.13. The molecule has 1 fully saturated rings. The van der Waals surface area contributed by atoms with Crippen LogP contribution in [0.5, 0.6) is 5.75 Å². The number of benzene rings is 2. The number of sulfonamides is 2. The molecule has 1 amide bonds. The highest BCUT2D eigenvalue weighted by molar-refractivity contribution is 7.92. The summed E-state index contributed by atoms with van der Waals surface area (Å²) < 4.78 is 58.0. The number of hydrogen-bond donors (Lipinski definition) is 1. The molecule has 1 aliphatic heterocycles. The molecule has 35 heavy (non-hydrogen) atoms. The van der Waals surface area contributed by atoms with Crippen molar-refractivity contribution in [2.75, 3.05) is 36.8 Å². The van der Waals surface area contributed by atoms with E-state index in [4.69, 9.17) is 27.9 Å². The third-order valence-corrected chi connectivity index (χ3v) is 9.13. The van der Waals surface area contributed by atoms with Gasteiger partial charge >= 0.3 is 0 Å². The average Bonchev–Trinajstić information content (AvgIpc) is 3.34. The van der Waals surface area contributed by atoms with Crippen molar-refractivity contribution in [1.29, 1.82) is 0 Å². The first kappa shape index (κ1) is 27.5. The normalized spacial score (nSPS) is 15.5. The van der Waals surface area contributed by atoms with Crippen molar-refractivity contribution in [1.82, 2.24) is 9.62 Å². The Labute approximate surface area is 216 Å². The first-order chi connectivity index (χ1) is 16.4. The summed E-state index contributed by atoms with van der Waals surface area (Å²) in [5, 5.41) is 3.05. The topological polar surface area (TPSA) is 113 Å². The van der Waals surface area contributed by atoms with Crippen LogP contribution in [0.25, 0.3) is 0 Å². The zero-order chi connectivity index (χ0) is 25.8. The fraction of sp³-hybridized carbons (Fsp3) is 0.409. The summed E-state index contributed by atoms with van der Waals surface area (Å²) in [6, 6.07) is 9.34. The van der Waals surface area contributed by atoms with Gasteiger partial charge in [-0.05, 0) is 62.2 Å². The van der Waals surface area contributed by atoms with Gasteiger partial charge in [-0.3, -0.25) is 9.10 Å². The van der Waals surface area contributed by atoms with Crippen LogP contribution in [0.15, 0.2) is 47.4 Å². The second kappa shape index (κ2) is 11.3. The van der Waals surface area contributed by atoms with E-state index < -0.39 is 32.0 Å². The lowest BCUT2D eigenvalue weighted by Crippen LogP contribution is -2.48. The van der Waals surface area contributed by atoms with Crippen LogP contribution in [0.3, 0.4) is 0 Å². The predicted molar refractivity (Wildman–Crippen MR) is 136 cm³/mol. The molecule has 0 aliphatic carbocycles. The highest BCUT2D eigenvalue weighted by Gasteiger charge is 2.31. The van der Waals surface area contributed by atoms with E-state index in [-0.39, 0.29) is 33.8 Å². The van der Waals surface area contributed by atoms with Crippen molar-refractivity contribution < 1.29 is 26.4 Å². The van der Waals surface area contributed by atoms with Gasteiger partial charge in [0, 0.05) is 18.1 Å². The lowest BCUT2D eigenvalue weighted by molar-refractivity contribution is -0.121. The van der Waals surface area contributed by atoms with Gasteiger partial charge in [-0.15, -0.1) is 0 Å². The molecule has 0 unspecified atom stereocenters. The van der Waals surface area contributed by atoms with E-state index in [1.165, 1.54) is 41.6 Å². The molecule has 1 N–H and O–H groups in total. The number of rotatable bonds is 10. The molecule has 1 saturated heterocycles.